The average Bonchev–Trinajstić information content (AvgIpc) is 2.30. The fourth-order valence-corrected chi connectivity index (χ4v) is 2.85. The fraction of sp³-hybridized carbons (Fsp3) is 0.375. The Hall–Kier alpha value is -0.280. The SMILES string of the molecule is CSc1scc(C)c1C(C)=O. The van der Waals surface area contributed by atoms with Gasteiger partial charge >= 0.3 is 0 Å². The number of carbonyl (C=O) groups is 1. The van der Waals surface area contributed by atoms with Crippen LogP contribution in [0.15, 0.2) is 9.59 Å². The number of thiophene rings is 1. The standard InChI is InChI=1S/C8H10OS2/c1-5-4-11-8(10-3)7(5)6(2)9/h4H,1-3H3. The number of hydrogen-bond donors (Lipinski definition) is 0. The van der Waals surface area contributed by atoms with Crippen LogP contribution in [0.3, 0.4) is 0 Å². The number of carbonyl (C=O) groups excluding carboxylic acids is 1. The van der Waals surface area contributed by atoms with Gasteiger partial charge in [0.15, 0.2) is 5.78 Å². The molecule has 0 amide bonds. The molecule has 0 saturated carbocycles. The molecule has 0 spiro atoms. The summed E-state index contributed by atoms with van der Waals surface area (Å²) in [6.07, 6.45) is 2.00. The highest BCUT2D eigenvalue weighted by Gasteiger charge is 2.11. The number of rotatable bonds is 2. The first-order valence-electron chi connectivity index (χ1n) is 3.29. The van der Waals surface area contributed by atoms with Gasteiger partial charge in [0.25, 0.3) is 0 Å². The zero-order chi connectivity index (χ0) is 8.43. The molecule has 3 heteroatoms. The first-order valence-corrected chi connectivity index (χ1v) is 5.40. The van der Waals surface area contributed by atoms with E-state index in [0.717, 1.165) is 15.3 Å². The first-order chi connectivity index (χ1) is 5.16. The Morgan fingerprint density at radius 3 is 2.64 bits per heavy atom. The highest BCUT2D eigenvalue weighted by molar-refractivity contribution is 8.00. The van der Waals surface area contributed by atoms with Gasteiger partial charge in [-0.15, -0.1) is 23.1 Å². The van der Waals surface area contributed by atoms with Gasteiger partial charge in [-0.1, -0.05) is 0 Å². The van der Waals surface area contributed by atoms with E-state index in [4.69, 9.17) is 0 Å². The van der Waals surface area contributed by atoms with E-state index in [0.29, 0.717) is 0 Å². The topological polar surface area (TPSA) is 17.1 Å². The molecule has 1 rings (SSSR count). The molecule has 0 fully saturated rings. The van der Waals surface area contributed by atoms with E-state index in [9.17, 15) is 4.79 Å². The minimum absolute atomic E-state index is 0.174. The third kappa shape index (κ3) is 1.65. The molecule has 1 heterocycles. The Labute approximate surface area is 74.8 Å². The molecule has 11 heavy (non-hydrogen) atoms. The van der Waals surface area contributed by atoms with Crippen LogP contribution in [-0.2, 0) is 0 Å². The van der Waals surface area contributed by atoms with Gasteiger partial charge in [-0.3, -0.25) is 4.79 Å². The van der Waals surface area contributed by atoms with Crippen molar-refractivity contribution in [1.29, 1.82) is 0 Å². The Kier molecular flexibility index (Phi) is 2.73. The van der Waals surface area contributed by atoms with Crippen LogP contribution in [0, 0.1) is 6.92 Å². The van der Waals surface area contributed by atoms with Crippen LogP contribution in [0.25, 0.3) is 0 Å². The lowest BCUT2D eigenvalue weighted by molar-refractivity contribution is 0.101. The van der Waals surface area contributed by atoms with Gasteiger partial charge in [0.05, 0.1) is 4.21 Å². The number of aryl methyl sites for hydroxylation is 1. The summed E-state index contributed by atoms with van der Waals surface area (Å²) in [7, 11) is 0. The normalized spacial score (nSPS) is 10.1. The number of Topliss-reactive ketones (excluding diaryl/α,β-unsaturated/α-hetero) is 1. The van der Waals surface area contributed by atoms with Crippen LogP contribution in [-0.4, -0.2) is 12.0 Å². The Morgan fingerprint density at radius 1 is 1.64 bits per heavy atom. The lowest BCUT2D eigenvalue weighted by Gasteiger charge is -1.95. The van der Waals surface area contributed by atoms with Crippen molar-refractivity contribution in [3.8, 4) is 0 Å². The van der Waals surface area contributed by atoms with E-state index in [1.54, 1.807) is 30.0 Å². The second-order valence-corrected chi connectivity index (χ2v) is 4.30. The summed E-state index contributed by atoms with van der Waals surface area (Å²) >= 11 is 3.29. The summed E-state index contributed by atoms with van der Waals surface area (Å²) in [4.78, 5) is 11.1. The van der Waals surface area contributed by atoms with Crippen LogP contribution >= 0.6 is 23.1 Å². The van der Waals surface area contributed by atoms with E-state index in [-0.39, 0.29) is 5.78 Å². The van der Waals surface area contributed by atoms with E-state index < -0.39 is 0 Å². The second-order valence-electron chi connectivity index (χ2n) is 2.34. The summed E-state index contributed by atoms with van der Waals surface area (Å²) in [5.74, 6) is 0.174. The molecule has 1 aromatic rings. The Morgan fingerprint density at radius 2 is 2.27 bits per heavy atom. The first kappa shape index (κ1) is 8.81. The van der Waals surface area contributed by atoms with Crippen LogP contribution in [0.2, 0.25) is 0 Å². The van der Waals surface area contributed by atoms with Gasteiger partial charge in [0, 0.05) is 5.56 Å². The largest absolute Gasteiger partial charge is 0.294 e. The maximum atomic E-state index is 11.1. The van der Waals surface area contributed by atoms with Crippen LogP contribution in [0.4, 0.5) is 0 Å². The van der Waals surface area contributed by atoms with Crippen molar-refractivity contribution in [1.82, 2.24) is 0 Å². The van der Waals surface area contributed by atoms with Gasteiger partial charge in [-0.25, -0.2) is 0 Å². The van der Waals surface area contributed by atoms with E-state index in [1.165, 1.54) is 0 Å². The molecule has 0 atom stereocenters. The predicted octanol–water partition coefficient (Wildman–Crippen LogP) is 2.98. The summed E-state index contributed by atoms with van der Waals surface area (Å²) < 4.78 is 1.13. The molecule has 0 aliphatic rings. The van der Waals surface area contributed by atoms with Gasteiger partial charge in [-0.05, 0) is 31.0 Å². The minimum atomic E-state index is 0.174. The molecule has 60 valence electrons. The molecule has 0 aromatic carbocycles. The van der Waals surface area contributed by atoms with Crippen molar-refractivity contribution in [3.63, 3.8) is 0 Å². The molecule has 0 aliphatic carbocycles. The minimum Gasteiger partial charge on any atom is -0.294 e. The van der Waals surface area contributed by atoms with Gasteiger partial charge in [-0.2, -0.15) is 0 Å². The van der Waals surface area contributed by atoms with Crippen molar-refractivity contribution in [2.45, 2.75) is 18.1 Å². The van der Waals surface area contributed by atoms with Crippen LogP contribution in [0.5, 0.6) is 0 Å². The smallest absolute Gasteiger partial charge is 0.162 e. The third-order valence-electron chi connectivity index (χ3n) is 1.48. The van der Waals surface area contributed by atoms with Crippen molar-refractivity contribution >= 4 is 28.9 Å². The average molecular weight is 186 g/mol. The lowest BCUT2D eigenvalue weighted by Crippen LogP contribution is -1.92. The Balaban J connectivity index is 3.17. The summed E-state index contributed by atoms with van der Waals surface area (Å²) in [5, 5.41) is 2.03. The molecule has 0 aliphatic heterocycles. The molecule has 0 bridgehead atoms. The molecule has 0 saturated heterocycles. The zero-order valence-electron chi connectivity index (χ0n) is 6.80. The summed E-state index contributed by atoms with van der Waals surface area (Å²) in [5.41, 5.74) is 2.01. The van der Waals surface area contributed by atoms with Crippen molar-refractivity contribution in [2.75, 3.05) is 6.26 Å². The number of hydrogen-bond acceptors (Lipinski definition) is 3. The zero-order valence-corrected chi connectivity index (χ0v) is 8.44. The fourth-order valence-electron chi connectivity index (χ4n) is 0.992. The monoisotopic (exact) mass is 186 g/mol. The molecule has 1 aromatic heterocycles. The molecule has 0 radical (unpaired) electrons. The van der Waals surface area contributed by atoms with Crippen molar-refractivity contribution in [2.24, 2.45) is 0 Å². The van der Waals surface area contributed by atoms with Gasteiger partial charge < -0.3 is 0 Å². The van der Waals surface area contributed by atoms with E-state index in [2.05, 4.69) is 0 Å². The molecule has 0 N–H and O–H groups in total. The highest BCUT2D eigenvalue weighted by Crippen LogP contribution is 2.30. The van der Waals surface area contributed by atoms with E-state index >= 15 is 0 Å². The Bertz CT molecular complexity index is 276. The maximum absolute atomic E-state index is 11.1. The van der Waals surface area contributed by atoms with Gasteiger partial charge in [0.1, 0.15) is 0 Å². The predicted molar refractivity (Wildman–Crippen MR) is 50.8 cm³/mol. The number of ketones is 1. The second kappa shape index (κ2) is 3.41. The molecular weight excluding hydrogens is 176 g/mol. The molecule has 1 nitrogen and oxygen atoms in total. The summed E-state index contributed by atoms with van der Waals surface area (Å²) in [6.45, 7) is 3.60. The number of thioether (sulfide) groups is 1. The molecule has 0 unspecified atom stereocenters. The summed E-state index contributed by atoms with van der Waals surface area (Å²) in [6, 6.07) is 0. The van der Waals surface area contributed by atoms with E-state index in [1.807, 2.05) is 18.6 Å². The highest BCUT2D eigenvalue weighted by atomic mass is 32.2. The maximum Gasteiger partial charge on any atom is 0.162 e. The van der Waals surface area contributed by atoms with Crippen LogP contribution < -0.4 is 0 Å². The van der Waals surface area contributed by atoms with Crippen molar-refractivity contribution in [3.05, 3.63) is 16.5 Å². The van der Waals surface area contributed by atoms with Crippen molar-refractivity contribution < 1.29 is 4.79 Å². The quantitative estimate of drug-likeness (QED) is 0.522. The van der Waals surface area contributed by atoms with Crippen LogP contribution in [0.1, 0.15) is 22.8 Å². The lowest BCUT2D eigenvalue weighted by atomic mass is 10.1. The van der Waals surface area contributed by atoms with Gasteiger partial charge in [0.2, 0.25) is 0 Å². The molecular formula is C8H10OS2. The third-order valence-corrected chi connectivity index (χ3v) is 3.73.